The van der Waals surface area contributed by atoms with Crippen molar-refractivity contribution < 1.29 is 24.5 Å². The van der Waals surface area contributed by atoms with Crippen LogP contribution in [0, 0.1) is 0 Å². The molecule has 0 saturated heterocycles. The maximum absolute atomic E-state index is 12.4. The molecule has 6 nitrogen and oxygen atoms in total. The number of amides is 1. The number of aliphatic hydroxyl groups excluding tert-OH is 2. The Labute approximate surface area is 385 Å². The molecule has 0 fully saturated rings. The summed E-state index contributed by atoms with van der Waals surface area (Å²) in [5.74, 6) is -0.122. The first-order chi connectivity index (χ1) is 30.5. The molecule has 0 aliphatic carbocycles. The highest BCUT2D eigenvalue weighted by atomic mass is 16.5. The van der Waals surface area contributed by atoms with Gasteiger partial charge in [-0.1, -0.05) is 217 Å². The number of unbranched alkanes of at least 4 members (excludes halogenated alkanes) is 35. The van der Waals surface area contributed by atoms with Gasteiger partial charge in [-0.05, 0) is 89.9 Å². The minimum Gasteiger partial charge on any atom is -0.466 e. The van der Waals surface area contributed by atoms with Crippen LogP contribution < -0.4 is 5.32 Å². The number of nitrogens with one attached hydrogen (secondary N) is 1. The Morgan fingerprint density at radius 1 is 0.435 bits per heavy atom. The van der Waals surface area contributed by atoms with Crippen LogP contribution in [-0.2, 0) is 14.3 Å². The summed E-state index contributed by atoms with van der Waals surface area (Å²) in [6.45, 7) is 4.84. The first-order valence-electron chi connectivity index (χ1n) is 27.3. The molecular formula is C56H105NO5. The molecule has 62 heavy (non-hydrogen) atoms. The molecule has 0 heterocycles. The predicted molar refractivity (Wildman–Crippen MR) is 269 cm³/mol. The summed E-state index contributed by atoms with van der Waals surface area (Å²) in [5, 5.41) is 23.1. The van der Waals surface area contributed by atoms with Crippen molar-refractivity contribution in [3.63, 3.8) is 0 Å². The second-order valence-electron chi connectivity index (χ2n) is 18.5. The molecule has 0 bridgehead atoms. The van der Waals surface area contributed by atoms with Gasteiger partial charge in [0, 0.05) is 12.8 Å². The topological polar surface area (TPSA) is 95.9 Å². The summed E-state index contributed by atoms with van der Waals surface area (Å²) in [6, 6.07) is -0.647. The van der Waals surface area contributed by atoms with E-state index in [1.54, 1.807) is 6.08 Å². The number of rotatable bonds is 50. The minimum absolute atomic E-state index is 0.0280. The summed E-state index contributed by atoms with van der Waals surface area (Å²) < 4.78 is 5.45. The number of esters is 1. The highest BCUT2D eigenvalue weighted by Gasteiger charge is 2.18. The van der Waals surface area contributed by atoms with Gasteiger partial charge in [0.05, 0.1) is 25.4 Å². The van der Waals surface area contributed by atoms with Gasteiger partial charge in [0.2, 0.25) is 5.91 Å². The average molecular weight is 872 g/mol. The fraction of sp³-hybridized carbons (Fsp3) is 0.857. The average Bonchev–Trinajstić information content (AvgIpc) is 3.27. The monoisotopic (exact) mass is 872 g/mol. The Hall–Kier alpha value is -1.92. The summed E-state index contributed by atoms with van der Waals surface area (Å²) in [7, 11) is 0. The van der Waals surface area contributed by atoms with Crippen molar-refractivity contribution in [1.29, 1.82) is 0 Å². The Morgan fingerprint density at radius 2 is 0.758 bits per heavy atom. The molecule has 1 amide bonds. The van der Waals surface area contributed by atoms with E-state index in [0.717, 1.165) is 83.5 Å². The van der Waals surface area contributed by atoms with Gasteiger partial charge >= 0.3 is 5.97 Å². The summed E-state index contributed by atoms with van der Waals surface area (Å²) in [5.41, 5.74) is 0. The first-order valence-corrected chi connectivity index (χ1v) is 27.3. The molecular weight excluding hydrogens is 767 g/mol. The van der Waals surface area contributed by atoms with Crippen LogP contribution in [0.15, 0.2) is 36.5 Å². The van der Waals surface area contributed by atoms with E-state index in [0.29, 0.717) is 19.4 Å². The quantitative estimate of drug-likeness (QED) is 0.0321. The zero-order valence-electron chi connectivity index (χ0n) is 41.4. The molecule has 0 aliphatic rings. The predicted octanol–water partition coefficient (Wildman–Crippen LogP) is 16.5. The molecule has 0 saturated carbocycles. The van der Waals surface area contributed by atoms with E-state index in [4.69, 9.17) is 4.74 Å². The maximum Gasteiger partial charge on any atom is 0.305 e. The summed E-state index contributed by atoms with van der Waals surface area (Å²) in [4.78, 5) is 24.5. The molecule has 0 rings (SSSR count). The van der Waals surface area contributed by atoms with E-state index in [1.165, 1.54) is 173 Å². The summed E-state index contributed by atoms with van der Waals surface area (Å²) >= 11 is 0. The van der Waals surface area contributed by atoms with E-state index in [9.17, 15) is 19.8 Å². The number of carbonyl (C=O) groups is 2. The Bertz CT molecular complexity index is 1010. The van der Waals surface area contributed by atoms with Crippen molar-refractivity contribution in [3.8, 4) is 0 Å². The van der Waals surface area contributed by atoms with E-state index >= 15 is 0 Å². The highest BCUT2D eigenvalue weighted by Crippen LogP contribution is 2.15. The van der Waals surface area contributed by atoms with E-state index in [2.05, 4.69) is 43.5 Å². The van der Waals surface area contributed by atoms with Crippen LogP contribution >= 0.6 is 0 Å². The molecule has 2 unspecified atom stereocenters. The van der Waals surface area contributed by atoms with Gasteiger partial charge in [-0.3, -0.25) is 9.59 Å². The fourth-order valence-electron chi connectivity index (χ4n) is 8.15. The van der Waals surface area contributed by atoms with E-state index < -0.39 is 12.1 Å². The SMILES string of the molecule is CCCCCCCC/C=C\CCCCCCCCCC(=O)OCCCCC/C=C\CCCCCCCC(=O)NC(CO)C(O)/C=C/CCCCCCCCCCCCCCCC. The largest absolute Gasteiger partial charge is 0.466 e. The lowest BCUT2D eigenvalue weighted by atomic mass is 10.0. The molecule has 3 N–H and O–H groups in total. The second-order valence-corrected chi connectivity index (χ2v) is 18.5. The van der Waals surface area contributed by atoms with Gasteiger partial charge in [-0.15, -0.1) is 0 Å². The van der Waals surface area contributed by atoms with Gasteiger partial charge < -0.3 is 20.3 Å². The number of ether oxygens (including phenoxy) is 1. The van der Waals surface area contributed by atoms with Crippen molar-refractivity contribution in [2.24, 2.45) is 0 Å². The maximum atomic E-state index is 12.4. The molecule has 0 aliphatic heterocycles. The zero-order valence-corrected chi connectivity index (χ0v) is 41.4. The Morgan fingerprint density at radius 3 is 1.15 bits per heavy atom. The van der Waals surface area contributed by atoms with Crippen LogP contribution in [-0.4, -0.2) is 47.4 Å². The number of carbonyl (C=O) groups excluding carboxylic acids is 2. The van der Waals surface area contributed by atoms with Crippen molar-refractivity contribution in [3.05, 3.63) is 36.5 Å². The van der Waals surface area contributed by atoms with Crippen LogP contribution in [0.25, 0.3) is 0 Å². The Balaban J connectivity index is 3.53. The van der Waals surface area contributed by atoms with Crippen molar-refractivity contribution in [2.75, 3.05) is 13.2 Å². The van der Waals surface area contributed by atoms with Gasteiger partial charge in [-0.2, -0.15) is 0 Å². The third kappa shape index (κ3) is 47.6. The number of allylic oxidation sites excluding steroid dienone is 5. The van der Waals surface area contributed by atoms with Gasteiger partial charge in [0.15, 0.2) is 0 Å². The smallest absolute Gasteiger partial charge is 0.305 e. The lowest BCUT2D eigenvalue weighted by Gasteiger charge is -2.20. The standard InChI is InChI=1S/C56H105NO5/c1-3-5-7-9-11-13-15-17-19-21-23-25-30-34-38-42-46-50-56(61)62-51-47-43-39-35-31-27-26-29-33-37-41-45-49-55(60)57-53(52-58)54(59)48-44-40-36-32-28-24-22-20-18-16-14-12-10-8-6-4-2/h17,19,27,31,44,48,53-54,58-59H,3-16,18,20-26,28-30,32-43,45-47,49-52H2,1-2H3,(H,57,60)/b19-17-,31-27-,48-44+. The molecule has 0 aromatic rings. The van der Waals surface area contributed by atoms with Crippen LogP contribution in [0.5, 0.6) is 0 Å². The highest BCUT2D eigenvalue weighted by molar-refractivity contribution is 5.76. The van der Waals surface area contributed by atoms with Gasteiger partial charge in [0.1, 0.15) is 0 Å². The number of aliphatic hydroxyl groups is 2. The van der Waals surface area contributed by atoms with E-state index in [-0.39, 0.29) is 18.5 Å². The zero-order chi connectivity index (χ0) is 45.1. The van der Waals surface area contributed by atoms with Crippen LogP contribution in [0.3, 0.4) is 0 Å². The third-order valence-corrected chi connectivity index (χ3v) is 12.4. The number of hydrogen-bond acceptors (Lipinski definition) is 5. The lowest BCUT2D eigenvalue weighted by Crippen LogP contribution is -2.45. The molecule has 0 aromatic heterocycles. The lowest BCUT2D eigenvalue weighted by molar-refractivity contribution is -0.143. The molecule has 364 valence electrons. The Kier molecular flexibility index (Phi) is 50.1. The van der Waals surface area contributed by atoms with Crippen LogP contribution in [0.2, 0.25) is 0 Å². The van der Waals surface area contributed by atoms with Crippen molar-refractivity contribution in [2.45, 2.75) is 296 Å². The molecule has 2 atom stereocenters. The van der Waals surface area contributed by atoms with Gasteiger partial charge in [0.25, 0.3) is 0 Å². The minimum atomic E-state index is -0.861. The molecule has 6 heteroatoms. The summed E-state index contributed by atoms with van der Waals surface area (Å²) in [6.07, 6.45) is 62.9. The molecule has 0 aromatic carbocycles. The normalized spacial score (nSPS) is 12.9. The molecule has 0 radical (unpaired) electrons. The second kappa shape index (κ2) is 51.7. The van der Waals surface area contributed by atoms with E-state index in [1.807, 2.05) is 6.08 Å². The fourth-order valence-corrected chi connectivity index (χ4v) is 8.15. The third-order valence-electron chi connectivity index (χ3n) is 12.4. The van der Waals surface area contributed by atoms with Crippen molar-refractivity contribution in [1.82, 2.24) is 5.32 Å². The van der Waals surface area contributed by atoms with Crippen LogP contribution in [0.4, 0.5) is 0 Å². The first kappa shape index (κ1) is 60.1. The number of hydrogen-bond donors (Lipinski definition) is 3. The van der Waals surface area contributed by atoms with Gasteiger partial charge in [-0.25, -0.2) is 0 Å². The molecule has 0 spiro atoms. The van der Waals surface area contributed by atoms with Crippen molar-refractivity contribution >= 4 is 11.9 Å². The van der Waals surface area contributed by atoms with Crippen LogP contribution in [0.1, 0.15) is 284 Å².